The van der Waals surface area contributed by atoms with E-state index in [1.165, 1.54) is 18.2 Å². The molecule has 0 saturated carbocycles. The minimum atomic E-state index is -4.43. The van der Waals surface area contributed by atoms with Gasteiger partial charge in [-0.05, 0) is 6.07 Å². The summed E-state index contributed by atoms with van der Waals surface area (Å²) >= 11 is 0. The number of hydrogen-bond acceptors (Lipinski definition) is 2. The molecule has 0 amide bonds. The minimum Gasteiger partial charge on any atom is -0.461 e. The van der Waals surface area contributed by atoms with Gasteiger partial charge in [0.05, 0.1) is 11.5 Å². The van der Waals surface area contributed by atoms with Crippen LogP contribution in [-0.2, 0) is 22.3 Å². The summed E-state index contributed by atoms with van der Waals surface area (Å²) in [5.41, 5.74) is -0.800. The second-order valence-electron chi connectivity index (χ2n) is 3.92. The molecule has 0 aliphatic heterocycles. The van der Waals surface area contributed by atoms with Crippen molar-refractivity contribution in [3.8, 4) is 0 Å². The van der Waals surface area contributed by atoms with E-state index < -0.39 is 17.7 Å². The van der Waals surface area contributed by atoms with E-state index in [2.05, 4.69) is 0 Å². The van der Waals surface area contributed by atoms with Gasteiger partial charge >= 0.3 is 12.1 Å². The van der Waals surface area contributed by atoms with Gasteiger partial charge in [0.15, 0.2) is 0 Å². The van der Waals surface area contributed by atoms with Crippen LogP contribution in [-0.4, -0.2) is 5.97 Å². The summed E-state index contributed by atoms with van der Waals surface area (Å²) in [6.07, 6.45) is -4.43. The average Bonchev–Trinajstić information content (AvgIpc) is 2.24. The lowest BCUT2D eigenvalue weighted by molar-refractivity contribution is -0.150. The molecular formula is C12H13F3O2. The Labute approximate surface area is 97.4 Å². The number of benzene rings is 1. The zero-order valence-electron chi connectivity index (χ0n) is 9.54. The van der Waals surface area contributed by atoms with E-state index in [9.17, 15) is 18.0 Å². The number of rotatable bonds is 3. The molecule has 94 valence electrons. The zero-order valence-corrected chi connectivity index (χ0v) is 9.54. The molecule has 0 radical (unpaired) electrons. The van der Waals surface area contributed by atoms with Gasteiger partial charge in [0.1, 0.15) is 6.61 Å². The first kappa shape index (κ1) is 13.5. The summed E-state index contributed by atoms with van der Waals surface area (Å²) in [5.74, 6) is -0.866. The van der Waals surface area contributed by atoms with Crippen molar-refractivity contribution in [3.63, 3.8) is 0 Å². The van der Waals surface area contributed by atoms with Crippen molar-refractivity contribution in [2.45, 2.75) is 26.6 Å². The Bertz CT molecular complexity index is 397. The Hall–Kier alpha value is -1.52. The SMILES string of the molecule is CC(C)C(=O)OCc1ccccc1C(F)(F)F. The maximum atomic E-state index is 12.6. The van der Waals surface area contributed by atoms with Gasteiger partial charge in [-0.3, -0.25) is 4.79 Å². The normalized spacial score (nSPS) is 11.6. The van der Waals surface area contributed by atoms with Crippen LogP contribution in [0.1, 0.15) is 25.0 Å². The van der Waals surface area contributed by atoms with Crippen LogP contribution in [0.4, 0.5) is 13.2 Å². The molecule has 1 rings (SSSR count). The minimum absolute atomic E-state index is 0.0333. The van der Waals surface area contributed by atoms with Crippen molar-refractivity contribution in [2.75, 3.05) is 0 Å². The van der Waals surface area contributed by atoms with Crippen molar-refractivity contribution in [1.29, 1.82) is 0 Å². The van der Waals surface area contributed by atoms with E-state index >= 15 is 0 Å². The van der Waals surface area contributed by atoms with Gasteiger partial charge in [-0.15, -0.1) is 0 Å². The lowest BCUT2D eigenvalue weighted by Gasteiger charge is -2.13. The molecule has 2 nitrogen and oxygen atoms in total. The molecule has 0 unspecified atom stereocenters. The van der Waals surface area contributed by atoms with Crippen molar-refractivity contribution in [3.05, 3.63) is 35.4 Å². The summed E-state index contributed by atoms with van der Waals surface area (Å²) in [4.78, 5) is 11.2. The number of esters is 1. The second-order valence-corrected chi connectivity index (χ2v) is 3.92. The summed E-state index contributed by atoms with van der Waals surface area (Å²) in [6.45, 7) is 2.89. The van der Waals surface area contributed by atoms with Gasteiger partial charge in [-0.25, -0.2) is 0 Å². The molecule has 5 heteroatoms. The standard InChI is InChI=1S/C12H13F3O2/c1-8(2)11(16)17-7-9-5-3-4-6-10(9)12(13,14)15/h3-6,8H,7H2,1-2H3. The highest BCUT2D eigenvalue weighted by Crippen LogP contribution is 2.32. The van der Waals surface area contributed by atoms with E-state index in [-0.39, 0.29) is 18.1 Å². The second kappa shape index (κ2) is 5.21. The fraction of sp³-hybridized carbons (Fsp3) is 0.417. The summed E-state index contributed by atoms with van der Waals surface area (Å²) in [5, 5.41) is 0. The number of carbonyl (C=O) groups is 1. The Kier molecular flexibility index (Phi) is 4.15. The van der Waals surface area contributed by atoms with Crippen LogP contribution in [0.3, 0.4) is 0 Å². The molecule has 0 heterocycles. The van der Waals surface area contributed by atoms with Crippen LogP contribution in [0, 0.1) is 5.92 Å². The molecule has 0 saturated heterocycles. The van der Waals surface area contributed by atoms with Crippen LogP contribution < -0.4 is 0 Å². The first-order valence-corrected chi connectivity index (χ1v) is 5.14. The number of halogens is 3. The maximum absolute atomic E-state index is 12.6. The summed E-state index contributed by atoms with van der Waals surface area (Å²) in [7, 11) is 0. The van der Waals surface area contributed by atoms with Crippen molar-refractivity contribution >= 4 is 5.97 Å². The highest BCUT2D eigenvalue weighted by molar-refractivity contribution is 5.71. The fourth-order valence-electron chi connectivity index (χ4n) is 1.24. The van der Waals surface area contributed by atoms with E-state index in [4.69, 9.17) is 4.74 Å². The van der Waals surface area contributed by atoms with Crippen LogP contribution in [0.2, 0.25) is 0 Å². The predicted molar refractivity (Wildman–Crippen MR) is 56.1 cm³/mol. The monoisotopic (exact) mass is 246 g/mol. The molecular weight excluding hydrogens is 233 g/mol. The topological polar surface area (TPSA) is 26.3 Å². The zero-order chi connectivity index (χ0) is 13.1. The lowest BCUT2D eigenvalue weighted by atomic mass is 10.1. The lowest BCUT2D eigenvalue weighted by Crippen LogP contribution is -2.14. The highest BCUT2D eigenvalue weighted by Gasteiger charge is 2.33. The Morgan fingerprint density at radius 1 is 1.29 bits per heavy atom. The summed E-state index contributed by atoms with van der Waals surface area (Å²) in [6, 6.07) is 5.05. The van der Waals surface area contributed by atoms with E-state index in [1.807, 2.05) is 0 Å². The number of carbonyl (C=O) groups excluding carboxylic acids is 1. The molecule has 0 N–H and O–H groups in total. The molecule has 0 aromatic heterocycles. The molecule has 0 aliphatic rings. The van der Waals surface area contributed by atoms with Gasteiger partial charge < -0.3 is 4.74 Å². The molecule has 0 atom stereocenters. The van der Waals surface area contributed by atoms with Crippen molar-refractivity contribution < 1.29 is 22.7 Å². The quantitative estimate of drug-likeness (QED) is 0.764. The van der Waals surface area contributed by atoms with Crippen molar-refractivity contribution in [1.82, 2.24) is 0 Å². The van der Waals surface area contributed by atoms with E-state index in [0.29, 0.717) is 0 Å². The average molecular weight is 246 g/mol. The first-order valence-electron chi connectivity index (χ1n) is 5.14. The van der Waals surface area contributed by atoms with Crippen LogP contribution >= 0.6 is 0 Å². The highest BCUT2D eigenvalue weighted by atomic mass is 19.4. The smallest absolute Gasteiger partial charge is 0.416 e. The Morgan fingerprint density at radius 3 is 2.41 bits per heavy atom. The molecule has 17 heavy (non-hydrogen) atoms. The predicted octanol–water partition coefficient (Wildman–Crippen LogP) is 3.40. The Balaban J connectivity index is 2.82. The molecule has 0 aliphatic carbocycles. The van der Waals surface area contributed by atoms with Gasteiger partial charge in [0, 0.05) is 5.56 Å². The number of ether oxygens (including phenoxy) is 1. The molecule has 1 aromatic rings. The third-order valence-electron chi connectivity index (χ3n) is 2.16. The van der Waals surface area contributed by atoms with Crippen LogP contribution in [0.25, 0.3) is 0 Å². The summed E-state index contributed by atoms with van der Waals surface area (Å²) < 4.78 is 42.6. The fourth-order valence-corrected chi connectivity index (χ4v) is 1.24. The first-order chi connectivity index (χ1) is 7.82. The molecule has 0 fully saturated rings. The van der Waals surface area contributed by atoms with Gasteiger partial charge in [-0.2, -0.15) is 13.2 Å². The third-order valence-corrected chi connectivity index (χ3v) is 2.16. The van der Waals surface area contributed by atoms with Crippen LogP contribution in [0.5, 0.6) is 0 Å². The maximum Gasteiger partial charge on any atom is 0.416 e. The largest absolute Gasteiger partial charge is 0.461 e. The number of alkyl halides is 3. The van der Waals surface area contributed by atoms with Crippen molar-refractivity contribution in [2.24, 2.45) is 5.92 Å². The molecule has 0 bridgehead atoms. The van der Waals surface area contributed by atoms with E-state index in [0.717, 1.165) is 6.07 Å². The Morgan fingerprint density at radius 2 is 1.88 bits per heavy atom. The number of hydrogen-bond donors (Lipinski definition) is 0. The van der Waals surface area contributed by atoms with Gasteiger partial charge in [0.25, 0.3) is 0 Å². The molecule has 1 aromatic carbocycles. The van der Waals surface area contributed by atoms with Gasteiger partial charge in [0.2, 0.25) is 0 Å². The third kappa shape index (κ3) is 3.76. The van der Waals surface area contributed by atoms with Crippen LogP contribution in [0.15, 0.2) is 24.3 Å². The molecule has 0 spiro atoms. The van der Waals surface area contributed by atoms with Gasteiger partial charge in [-0.1, -0.05) is 32.0 Å². The van der Waals surface area contributed by atoms with E-state index in [1.54, 1.807) is 13.8 Å².